The number of alkyl halides is 12. The highest BCUT2D eigenvalue weighted by Gasteiger charge is 2.38. The van der Waals surface area contributed by atoms with Crippen LogP contribution < -0.4 is 32.7 Å². The largest absolute Gasteiger partial charge is 0.416 e. The Morgan fingerprint density at radius 3 is 0.981 bits per heavy atom. The smallest absolute Gasteiger partial charge is 0.358 e. The van der Waals surface area contributed by atoms with Crippen molar-refractivity contribution in [3.63, 3.8) is 0 Å². The van der Waals surface area contributed by atoms with Gasteiger partial charge in [0.25, 0.3) is 0 Å². The number of nitrogens with two attached hydrogens (primary N) is 2. The molecule has 0 aromatic heterocycles. The fourth-order valence-electron chi connectivity index (χ4n) is 5.40. The third-order valence-corrected chi connectivity index (χ3v) is 8.40. The van der Waals surface area contributed by atoms with E-state index in [2.05, 4.69) is 21.3 Å². The lowest BCUT2D eigenvalue weighted by Crippen LogP contribution is -2.50. The molecule has 296 valence electrons. The highest BCUT2D eigenvalue weighted by Crippen LogP contribution is 2.39. The molecule has 0 saturated heterocycles. The summed E-state index contributed by atoms with van der Waals surface area (Å²) in [5, 5.41) is 10.4. The Kier molecular flexibility index (Phi) is 16.9. The van der Waals surface area contributed by atoms with E-state index in [1.165, 1.54) is 0 Å². The summed E-state index contributed by atoms with van der Waals surface area (Å²) in [4.78, 5) is 0. The van der Waals surface area contributed by atoms with Crippen molar-refractivity contribution in [1.82, 2.24) is 10.6 Å². The van der Waals surface area contributed by atoms with Crippen molar-refractivity contribution in [2.24, 2.45) is 11.5 Å². The van der Waals surface area contributed by atoms with E-state index in [0.29, 0.717) is 24.3 Å². The van der Waals surface area contributed by atoms with Gasteiger partial charge >= 0.3 is 24.7 Å². The summed E-state index contributed by atoms with van der Waals surface area (Å²) in [6.45, 7) is 0. The summed E-state index contributed by atoms with van der Waals surface area (Å²) in [6.07, 6.45) is -12.8. The molecule has 21 heteroatoms. The quantitative estimate of drug-likeness (QED) is 0.134. The molecule has 2 saturated carbocycles. The molecule has 52 heavy (non-hydrogen) atoms. The van der Waals surface area contributed by atoms with Gasteiger partial charge in [-0.2, -0.15) is 52.7 Å². The van der Waals surface area contributed by atoms with Crippen molar-refractivity contribution in [2.45, 2.75) is 108 Å². The van der Waals surface area contributed by atoms with Crippen LogP contribution in [-0.2, 0) is 24.7 Å². The highest BCUT2D eigenvalue weighted by molar-refractivity contribution is 7.80. The molecule has 8 N–H and O–H groups in total. The lowest BCUT2D eigenvalue weighted by atomic mass is 9.91. The Hall–Kier alpha value is -3.17. The van der Waals surface area contributed by atoms with E-state index >= 15 is 0 Å². The second-order valence-electron chi connectivity index (χ2n) is 11.9. The molecule has 2 aliphatic rings. The molecule has 4 rings (SSSR count). The molecular weight excluding hydrogens is 767 g/mol. The predicted molar refractivity (Wildman–Crippen MR) is 181 cm³/mol. The van der Waals surface area contributed by atoms with Gasteiger partial charge in [-0.1, -0.05) is 33.1 Å². The van der Waals surface area contributed by atoms with Crippen LogP contribution in [0.5, 0.6) is 0 Å². The first-order valence-electron chi connectivity index (χ1n) is 15.2. The number of anilines is 2. The Balaban J connectivity index is 0.000000501. The third-order valence-electron chi connectivity index (χ3n) is 7.96. The lowest BCUT2D eigenvalue weighted by molar-refractivity contribution is -0.144. The molecule has 0 spiro atoms. The lowest BCUT2D eigenvalue weighted by Gasteiger charge is -2.30. The van der Waals surface area contributed by atoms with Crippen molar-refractivity contribution in [1.29, 1.82) is 0 Å². The third kappa shape index (κ3) is 14.3. The molecule has 0 aliphatic heterocycles. The number of thiocarbonyl (C=S) groups is 2. The molecule has 0 heterocycles. The Labute approximate surface area is 302 Å². The summed E-state index contributed by atoms with van der Waals surface area (Å²) in [5.74, 6) is 0. The van der Waals surface area contributed by atoms with E-state index in [-0.39, 0.29) is 70.0 Å². The first kappa shape index (κ1) is 46.9. The van der Waals surface area contributed by atoms with E-state index < -0.39 is 47.0 Å². The fourth-order valence-corrected chi connectivity index (χ4v) is 5.94. The fraction of sp³-hybridized carbons (Fsp3) is 0.548. The van der Waals surface area contributed by atoms with Crippen LogP contribution >= 0.6 is 24.4 Å². The normalized spacial score (nSPS) is 20.9. The van der Waals surface area contributed by atoms with Crippen LogP contribution in [0, 0.1) is 0 Å². The first-order valence-corrected chi connectivity index (χ1v) is 16.0. The summed E-state index contributed by atoms with van der Waals surface area (Å²) in [6, 6.07) is 1.82. The monoisotopic (exact) mass is 806 g/mol. The van der Waals surface area contributed by atoms with Gasteiger partial charge in [0.2, 0.25) is 0 Å². The summed E-state index contributed by atoms with van der Waals surface area (Å²) >= 11 is 10.0. The molecule has 4 atom stereocenters. The second-order valence-corrected chi connectivity index (χ2v) is 12.7. The van der Waals surface area contributed by atoms with Gasteiger partial charge in [-0.3, -0.25) is 4.70 Å². The molecular formula is C31H39F13N6S2. The maximum absolute atomic E-state index is 12.8. The SMILES string of the molecule is C.F.N[C@@H]1CCCC[C@H]1NC(=S)Nc1cc(C(F)(F)F)cc(C(F)(F)F)c1.N[C@H]1CCCC[C@@H]1NC(=S)Nc1cc(C(F)(F)F)cc(C(F)(F)F)c1. The maximum atomic E-state index is 12.8. The minimum absolute atomic E-state index is 0. The zero-order chi connectivity index (χ0) is 37.7. The van der Waals surface area contributed by atoms with Crippen LogP contribution in [0.3, 0.4) is 0 Å². The van der Waals surface area contributed by atoms with Crippen molar-refractivity contribution in [3.8, 4) is 0 Å². The second kappa shape index (κ2) is 18.7. The number of nitrogens with one attached hydrogen (secondary N) is 4. The molecule has 0 radical (unpaired) electrons. The number of halogens is 13. The van der Waals surface area contributed by atoms with E-state index in [9.17, 15) is 52.7 Å². The molecule has 6 nitrogen and oxygen atoms in total. The van der Waals surface area contributed by atoms with Gasteiger partial charge in [-0.15, -0.1) is 0 Å². The van der Waals surface area contributed by atoms with Crippen LogP contribution in [0.25, 0.3) is 0 Å². The molecule has 0 bridgehead atoms. The Morgan fingerprint density at radius 2 is 0.750 bits per heavy atom. The van der Waals surface area contributed by atoms with Gasteiger partial charge < -0.3 is 32.7 Å². The van der Waals surface area contributed by atoms with Crippen LogP contribution in [0.4, 0.5) is 68.8 Å². The molecule has 0 amide bonds. The zero-order valence-electron chi connectivity index (χ0n) is 26.3. The summed E-state index contributed by atoms with van der Waals surface area (Å²) in [5.41, 5.74) is 5.50. The maximum Gasteiger partial charge on any atom is 0.416 e. The van der Waals surface area contributed by atoms with Gasteiger partial charge in [0.1, 0.15) is 0 Å². The van der Waals surface area contributed by atoms with Gasteiger partial charge in [0.05, 0.1) is 22.3 Å². The minimum Gasteiger partial charge on any atom is -0.358 e. The first-order chi connectivity index (χ1) is 22.9. The van der Waals surface area contributed by atoms with Crippen molar-refractivity contribution < 1.29 is 57.4 Å². The van der Waals surface area contributed by atoms with E-state index in [4.69, 9.17) is 35.9 Å². The molecule has 0 unspecified atom stereocenters. The van der Waals surface area contributed by atoms with Crippen LogP contribution in [0.2, 0.25) is 0 Å². The number of rotatable bonds is 4. The predicted octanol–water partition coefficient (Wildman–Crippen LogP) is 9.35. The number of hydrogen-bond donors (Lipinski definition) is 6. The van der Waals surface area contributed by atoms with Crippen molar-refractivity contribution in [3.05, 3.63) is 58.7 Å². The topological polar surface area (TPSA) is 100 Å². The standard InChI is InChI=1S/2C15H17F6N3S.CH4.FH/c2*16-14(17,18)8-5-9(15(19,20)21)7-10(6-8)23-13(25)24-12-4-2-1-3-11(12)22;;/h2*5-7,11-12H,1-4,22H2,(H2,23,24,25);1H4;1H/t2*11-,12-;;/m10../s1. The van der Waals surface area contributed by atoms with E-state index in [1.54, 1.807) is 0 Å². The zero-order valence-corrected chi connectivity index (χ0v) is 28.0. The number of benzene rings is 2. The van der Waals surface area contributed by atoms with Gasteiger partial charge in [-0.25, -0.2) is 0 Å². The summed E-state index contributed by atoms with van der Waals surface area (Å²) in [7, 11) is 0. The molecule has 2 aromatic rings. The summed E-state index contributed by atoms with van der Waals surface area (Å²) < 4.78 is 154. The van der Waals surface area contributed by atoms with Gasteiger partial charge in [-0.05, 0) is 86.5 Å². The van der Waals surface area contributed by atoms with Gasteiger partial charge in [0.15, 0.2) is 10.2 Å². The average molecular weight is 807 g/mol. The minimum atomic E-state index is -4.90. The Bertz CT molecular complexity index is 1310. The Morgan fingerprint density at radius 1 is 0.500 bits per heavy atom. The van der Waals surface area contributed by atoms with Crippen LogP contribution in [0.15, 0.2) is 36.4 Å². The number of hydrogen-bond acceptors (Lipinski definition) is 4. The van der Waals surface area contributed by atoms with Crippen molar-refractivity contribution in [2.75, 3.05) is 10.6 Å². The molecule has 2 fully saturated rings. The van der Waals surface area contributed by atoms with E-state index in [1.807, 2.05) is 0 Å². The highest BCUT2D eigenvalue weighted by atomic mass is 32.1. The van der Waals surface area contributed by atoms with Crippen LogP contribution in [-0.4, -0.2) is 34.4 Å². The molecule has 2 aliphatic carbocycles. The van der Waals surface area contributed by atoms with Gasteiger partial charge in [0, 0.05) is 35.5 Å². The van der Waals surface area contributed by atoms with Crippen LogP contribution in [0.1, 0.15) is 81.0 Å². The van der Waals surface area contributed by atoms with E-state index in [0.717, 1.165) is 51.4 Å². The average Bonchev–Trinajstić information content (AvgIpc) is 2.98. The van der Waals surface area contributed by atoms with Crippen molar-refractivity contribution >= 4 is 46.0 Å². The molecule has 2 aromatic carbocycles.